The number of fused-ring (bicyclic) bond motifs is 1. The first kappa shape index (κ1) is 18.3. The number of anilines is 2. The normalized spacial score (nSPS) is 17.6. The Morgan fingerprint density at radius 2 is 1.92 bits per heavy atom. The molecular formula is C16H16ClN3O5S. The van der Waals surface area contributed by atoms with Gasteiger partial charge in [0.1, 0.15) is 16.4 Å². The summed E-state index contributed by atoms with van der Waals surface area (Å²) >= 11 is 5.84. The molecule has 10 heteroatoms. The van der Waals surface area contributed by atoms with Gasteiger partial charge in [0.15, 0.2) is 6.17 Å². The highest BCUT2D eigenvalue weighted by atomic mass is 35.5. The fraction of sp³-hybridized carbons (Fsp3) is 0.188. The third-order valence-corrected chi connectivity index (χ3v) is 5.43. The Labute approximate surface area is 155 Å². The third-order valence-electron chi connectivity index (χ3n) is 3.73. The molecule has 1 aliphatic rings. The second-order valence-electron chi connectivity index (χ2n) is 5.39. The van der Waals surface area contributed by atoms with Crippen LogP contribution in [0.3, 0.4) is 0 Å². The number of ether oxygens (including phenoxy) is 2. The summed E-state index contributed by atoms with van der Waals surface area (Å²) in [6.07, 6.45) is -1.19. The summed E-state index contributed by atoms with van der Waals surface area (Å²) < 4.78 is 37.3. The van der Waals surface area contributed by atoms with Crippen molar-refractivity contribution in [2.45, 2.75) is 11.1 Å². The van der Waals surface area contributed by atoms with E-state index in [1.165, 1.54) is 32.4 Å². The molecule has 2 aromatic rings. The zero-order valence-electron chi connectivity index (χ0n) is 13.9. The van der Waals surface area contributed by atoms with Gasteiger partial charge in [-0.1, -0.05) is 11.6 Å². The number of carbonyl (C=O) groups is 1. The van der Waals surface area contributed by atoms with E-state index in [1.54, 1.807) is 18.2 Å². The highest BCUT2D eigenvalue weighted by molar-refractivity contribution is 7.89. The molecule has 0 saturated heterocycles. The standard InChI is InChI=1S/C16H16ClN3O5S/c1-24-10-4-6-11(13(8-10)25-2)19-16(21)15-18-12-5-3-9(17)7-14(12)26(22,23)20-15/h3-8,15,18,20H,1-2H3,(H,19,21)/t15-/m0/s1. The first-order chi connectivity index (χ1) is 12.3. The summed E-state index contributed by atoms with van der Waals surface area (Å²) in [6, 6.07) is 9.20. The first-order valence-corrected chi connectivity index (χ1v) is 9.31. The summed E-state index contributed by atoms with van der Waals surface area (Å²) in [5.74, 6) is 0.336. The van der Waals surface area contributed by atoms with Gasteiger partial charge in [0.2, 0.25) is 10.0 Å². The molecule has 0 bridgehead atoms. The lowest BCUT2D eigenvalue weighted by molar-refractivity contribution is -0.117. The minimum atomic E-state index is -3.89. The fourth-order valence-electron chi connectivity index (χ4n) is 2.47. The third kappa shape index (κ3) is 3.55. The second-order valence-corrected chi connectivity index (χ2v) is 7.51. The van der Waals surface area contributed by atoms with Crippen molar-refractivity contribution in [2.75, 3.05) is 24.9 Å². The first-order valence-electron chi connectivity index (χ1n) is 7.45. The monoisotopic (exact) mass is 397 g/mol. The SMILES string of the molecule is COc1ccc(NC(=O)[C@H]2Nc3ccc(Cl)cc3S(=O)(=O)N2)c(OC)c1. The zero-order valence-corrected chi connectivity index (χ0v) is 15.4. The quantitative estimate of drug-likeness (QED) is 0.729. The summed E-state index contributed by atoms with van der Waals surface area (Å²) in [7, 11) is -0.925. The van der Waals surface area contributed by atoms with E-state index in [9.17, 15) is 13.2 Å². The van der Waals surface area contributed by atoms with Crippen LogP contribution >= 0.6 is 11.6 Å². The Morgan fingerprint density at radius 1 is 1.15 bits per heavy atom. The van der Waals surface area contributed by atoms with Crippen LogP contribution in [0.25, 0.3) is 0 Å². The molecule has 1 aliphatic heterocycles. The highest BCUT2D eigenvalue weighted by Gasteiger charge is 2.33. The molecule has 2 aromatic carbocycles. The number of benzene rings is 2. The molecule has 26 heavy (non-hydrogen) atoms. The van der Waals surface area contributed by atoms with Crippen molar-refractivity contribution in [3.63, 3.8) is 0 Å². The minimum absolute atomic E-state index is 0.0175. The van der Waals surface area contributed by atoms with Crippen LogP contribution < -0.4 is 24.8 Å². The second kappa shape index (κ2) is 7.02. The van der Waals surface area contributed by atoms with Gasteiger partial charge in [-0.2, -0.15) is 4.72 Å². The maximum atomic E-state index is 12.5. The lowest BCUT2D eigenvalue weighted by Crippen LogP contribution is -2.51. The van der Waals surface area contributed by atoms with Crippen molar-refractivity contribution < 1.29 is 22.7 Å². The summed E-state index contributed by atoms with van der Waals surface area (Å²) in [6.45, 7) is 0. The van der Waals surface area contributed by atoms with Gasteiger partial charge >= 0.3 is 0 Å². The molecule has 0 spiro atoms. The van der Waals surface area contributed by atoms with Crippen molar-refractivity contribution in [3.05, 3.63) is 41.4 Å². The molecule has 0 unspecified atom stereocenters. The number of hydrogen-bond donors (Lipinski definition) is 3. The molecule has 0 aliphatic carbocycles. The Bertz CT molecular complexity index is 964. The van der Waals surface area contributed by atoms with Crippen molar-refractivity contribution in [1.82, 2.24) is 4.72 Å². The highest BCUT2D eigenvalue weighted by Crippen LogP contribution is 2.31. The van der Waals surface area contributed by atoms with E-state index in [4.69, 9.17) is 21.1 Å². The van der Waals surface area contributed by atoms with Crippen LogP contribution in [0.1, 0.15) is 0 Å². The van der Waals surface area contributed by atoms with Gasteiger partial charge < -0.3 is 20.1 Å². The van der Waals surface area contributed by atoms with Gasteiger partial charge in [0.25, 0.3) is 5.91 Å². The van der Waals surface area contributed by atoms with E-state index < -0.39 is 22.1 Å². The molecule has 0 aromatic heterocycles. The maximum absolute atomic E-state index is 12.5. The predicted molar refractivity (Wildman–Crippen MR) is 97.4 cm³/mol. The smallest absolute Gasteiger partial charge is 0.263 e. The summed E-state index contributed by atoms with van der Waals surface area (Å²) in [4.78, 5) is 12.5. The van der Waals surface area contributed by atoms with E-state index in [0.29, 0.717) is 17.2 Å². The summed E-state index contributed by atoms with van der Waals surface area (Å²) in [5, 5.41) is 5.74. The molecule has 1 atom stereocenters. The number of methoxy groups -OCH3 is 2. The van der Waals surface area contributed by atoms with Crippen molar-refractivity contribution >= 4 is 38.9 Å². The van der Waals surface area contributed by atoms with Gasteiger partial charge in [-0.3, -0.25) is 4.79 Å². The molecule has 1 heterocycles. The Hall–Kier alpha value is -2.49. The van der Waals surface area contributed by atoms with Gasteiger partial charge in [0, 0.05) is 11.1 Å². The topological polar surface area (TPSA) is 106 Å². The number of sulfonamides is 1. The lowest BCUT2D eigenvalue weighted by atomic mass is 10.2. The van der Waals surface area contributed by atoms with Gasteiger partial charge in [0.05, 0.1) is 25.6 Å². The molecule has 3 N–H and O–H groups in total. The van der Waals surface area contributed by atoms with Crippen LogP contribution in [-0.4, -0.2) is 34.7 Å². The van der Waals surface area contributed by atoms with Crippen LogP contribution in [0.4, 0.5) is 11.4 Å². The molecule has 0 saturated carbocycles. The number of nitrogens with one attached hydrogen (secondary N) is 3. The lowest BCUT2D eigenvalue weighted by Gasteiger charge is -2.27. The molecule has 1 amide bonds. The number of halogens is 1. The van der Waals surface area contributed by atoms with E-state index in [1.807, 2.05) is 0 Å². The maximum Gasteiger partial charge on any atom is 0.263 e. The van der Waals surface area contributed by atoms with Crippen LogP contribution in [0.5, 0.6) is 11.5 Å². The van der Waals surface area contributed by atoms with Crippen molar-refractivity contribution in [3.8, 4) is 11.5 Å². The van der Waals surface area contributed by atoms with Gasteiger partial charge in [-0.25, -0.2) is 8.42 Å². The minimum Gasteiger partial charge on any atom is -0.497 e. The van der Waals surface area contributed by atoms with Gasteiger partial charge in [-0.15, -0.1) is 0 Å². The van der Waals surface area contributed by atoms with E-state index in [0.717, 1.165) is 0 Å². The van der Waals surface area contributed by atoms with Crippen LogP contribution in [0.15, 0.2) is 41.3 Å². The predicted octanol–water partition coefficient (Wildman–Crippen LogP) is 2.03. The van der Waals surface area contributed by atoms with Crippen LogP contribution in [0.2, 0.25) is 5.02 Å². The molecule has 0 radical (unpaired) electrons. The van der Waals surface area contributed by atoms with E-state index in [-0.39, 0.29) is 15.6 Å². The number of carbonyl (C=O) groups excluding carboxylic acids is 1. The summed E-state index contributed by atoms with van der Waals surface area (Å²) in [5.41, 5.74) is 0.663. The number of amides is 1. The van der Waals surface area contributed by atoms with E-state index in [2.05, 4.69) is 15.4 Å². The van der Waals surface area contributed by atoms with Crippen molar-refractivity contribution in [2.24, 2.45) is 0 Å². The molecule has 3 rings (SSSR count). The largest absolute Gasteiger partial charge is 0.497 e. The Morgan fingerprint density at radius 3 is 2.62 bits per heavy atom. The van der Waals surface area contributed by atoms with E-state index >= 15 is 0 Å². The molecule has 8 nitrogen and oxygen atoms in total. The molecule has 138 valence electrons. The molecule has 0 fully saturated rings. The molecular weight excluding hydrogens is 382 g/mol. The fourth-order valence-corrected chi connectivity index (χ4v) is 4.01. The van der Waals surface area contributed by atoms with Crippen LogP contribution in [-0.2, 0) is 14.8 Å². The number of rotatable bonds is 4. The Balaban J connectivity index is 1.85. The zero-order chi connectivity index (χ0) is 18.9. The average molecular weight is 398 g/mol. The van der Waals surface area contributed by atoms with Gasteiger partial charge in [-0.05, 0) is 30.3 Å². The van der Waals surface area contributed by atoms with Crippen LogP contribution in [0, 0.1) is 0 Å². The Kier molecular flexibility index (Phi) is 4.94. The average Bonchev–Trinajstić information content (AvgIpc) is 2.62. The number of hydrogen-bond acceptors (Lipinski definition) is 6. The van der Waals surface area contributed by atoms with Crippen molar-refractivity contribution in [1.29, 1.82) is 0 Å².